The summed E-state index contributed by atoms with van der Waals surface area (Å²) in [5.41, 5.74) is -6.32. The summed E-state index contributed by atoms with van der Waals surface area (Å²) in [6.07, 6.45) is -13.2. The number of carbonyl (C=O) groups is 6. The van der Waals surface area contributed by atoms with Gasteiger partial charge in [0.2, 0.25) is 6.29 Å². The Bertz CT molecular complexity index is 2090. The van der Waals surface area contributed by atoms with Crippen LogP contribution < -0.4 is 31.9 Å². The normalized spacial score (nSPS) is 30.1. The molecule has 2 saturated carbocycles. The Morgan fingerprint density at radius 2 is 1.14 bits per heavy atom. The zero-order valence-corrected chi connectivity index (χ0v) is 48.6. The van der Waals surface area contributed by atoms with E-state index in [0.717, 1.165) is 4.90 Å². The van der Waals surface area contributed by atoms with Gasteiger partial charge >= 0.3 is 30.5 Å². The standard InChI is InChI=1S/C52H91N7O19/c1-47(2,3)74-42(64)54-25-33(60)39(63)56-31-22-32(58-45(67)77-50(10,11)12)37(34(61)36(31)73-41-35(62)38(52(16,69)26-70-41)59(17)46(68)78-51(13,14)15)72-40-30(57-44(66)76-49(7,8)9)19-18-29(71-40)24-53-23-27-20-28(21-27)55-43(65)75-48(4,5)6/h18,27-28,30-38,40-41,53,60-62,69H,19-26H2,1-17H3,(H,54,64)(H,55,65)(H,56,63)(H,57,66)(H,58,67)/t27-,28-,30-,31-,32+,33+,34-,35-,36+,37-,38-,40-,41-,52+/m1/s1. The third kappa shape index (κ3) is 21.3. The Hall–Kier alpha value is -4.96. The smallest absolute Gasteiger partial charge is 0.410 e. The first-order chi connectivity index (χ1) is 35.6. The van der Waals surface area contributed by atoms with E-state index in [-0.39, 0.29) is 31.3 Å². The quantitative estimate of drug-likeness (QED) is 0.0993. The first-order valence-electron chi connectivity index (χ1n) is 26.6. The number of rotatable bonds is 16. The highest BCUT2D eigenvalue weighted by atomic mass is 16.7. The number of nitrogens with one attached hydrogen (secondary N) is 6. The first-order valence-corrected chi connectivity index (χ1v) is 26.6. The van der Waals surface area contributed by atoms with E-state index in [1.807, 2.05) is 0 Å². The van der Waals surface area contributed by atoms with Gasteiger partial charge in [0.15, 0.2) is 6.29 Å². The third-order valence-corrected chi connectivity index (χ3v) is 12.2. The fourth-order valence-electron chi connectivity index (χ4n) is 9.00. The van der Waals surface area contributed by atoms with Crippen molar-refractivity contribution < 1.29 is 91.8 Å². The molecular formula is C52H91N7O19. The Balaban J connectivity index is 1.70. The summed E-state index contributed by atoms with van der Waals surface area (Å²) in [6, 6.07) is -5.16. The third-order valence-electron chi connectivity index (χ3n) is 12.2. The Morgan fingerprint density at radius 1 is 0.667 bits per heavy atom. The minimum absolute atomic E-state index is 0.0480. The molecule has 4 rings (SSSR count). The van der Waals surface area contributed by atoms with Crippen molar-refractivity contribution in [2.45, 2.75) is 243 Å². The molecule has 1 saturated heterocycles. The Morgan fingerprint density at radius 3 is 1.67 bits per heavy atom. The molecule has 78 heavy (non-hydrogen) atoms. The molecule has 3 fully saturated rings. The molecule has 0 aromatic heterocycles. The maximum atomic E-state index is 13.9. The fourth-order valence-corrected chi connectivity index (χ4v) is 9.00. The van der Waals surface area contributed by atoms with Crippen LogP contribution in [0.25, 0.3) is 0 Å². The molecule has 0 unspecified atom stereocenters. The molecule has 448 valence electrons. The number of aliphatic hydroxyl groups excluding tert-OH is 3. The van der Waals surface area contributed by atoms with Gasteiger partial charge in [-0.1, -0.05) is 0 Å². The van der Waals surface area contributed by atoms with Crippen LogP contribution in [0, 0.1) is 5.92 Å². The summed E-state index contributed by atoms with van der Waals surface area (Å²) in [5.74, 6) is -0.456. The van der Waals surface area contributed by atoms with E-state index in [0.29, 0.717) is 25.1 Å². The molecule has 2 aliphatic carbocycles. The van der Waals surface area contributed by atoms with Crippen LogP contribution in [0.2, 0.25) is 0 Å². The Labute approximate surface area is 458 Å². The van der Waals surface area contributed by atoms with Gasteiger partial charge in [-0.25, -0.2) is 24.0 Å². The van der Waals surface area contributed by atoms with E-state index in [9.17, 15) is 49.2 Å². The number of hydrogen-bond donors (Lipinski definition) is 10. The number of amides is 6. The monoisotopic (exact) mass is 1120 g/mol. The molecule has 10 N–H and O–H groups in total. The number of likely N-dealkylation sites (N-methyl/N-ethyl adjacent to an activating group) is 1. The average Bonchev–Trinajstić information content (AvgIpc) is 3.22. The van der Waals surface area contributed by atoms with Crippen LogP contribution in [0.3, 0.4) is 0 Å². The molecule has 2 heterocycles. The lowest BCUT2D eigenvalue weighted by Gasteiger charge is -2.50. The maximum Gasteiger partial charge on any atom is 0.410 e. The fraction of sp³-hybridized carbons (Fsp3) is 0.846. The summed E-state index contributed by atoms with van der Waals surface area (Å²) in [7, 11) is 1.31. The van der Waals surface area contributed by atoms with Crippen molar-refractivity contribution >= 4 is 36.4 Å². The van der Waals surface area contributed by atoms with Crippen molar-refractivity contribution in [3.05, 3.63) is 11.8 Å². The van der Waals surface area contributed by atoms with Gasteiger partial charge in [0, 0.05) is 13.1 Å². The minimum atomic E-state index is -1.93. The maximum absolute atomic E-state index is 13.9. The summed E-state index contributed by atoms with van der Waals surface area (Å²) in [6.45, 7) is 26.0. The lowest BCUT2D eigenvalue weighted by Crippen LogP contribution is -2.71. The van der Waals surface area contributed by atoms with Gasteiger partial charge in [-0.05, 0) is 155 Å². The van der Waals surface area contributed by atoms with Crippen molar-refractivity contribution in [1.82, 2.24) is 36.8 Å². The molecule has 6 amide bonds. The summed E-state index contributed by atoms with van der Waals surface area (Å²) in [4.78, 5) is 80.1. The van der Waals surface area contributed by atoms with E-state index in [1.54, 1.807) is 110 Å². The molecule has 0 aromatic carbocycles. The van der Waals surface area contributed by atoms with E-state index >= 15 is 0 Å². The van der Waals surface area contributed by atoms with Gasteiger partial charge in [-0.15, -0.1) is 0 Å². The predicted molar refractivity (Wildman–Crippen MR) is 279 cm³/mol. The second-order valence-electron chi connectivity index (χ2n) is 25.7. The van der Waals surface area contributed by atoms with Crippen LogP contribution in [-0.2, 0) is 47.4 Å². The number of nitrogens with zero attached hydrogens (tertiary/aromatic N) is 1. The number of ether oxygens (including phenoxy) is 9. The van der Waals surface area contributed by atoms with Crippen LogP contribution in [0.4, 0.5) is 24.0 Å². The largest absolute Gasteiger partial charge is 0.466 e. The minimum Gasteiger partial charge on any atom is -0.466 e. The van der Waals surface area contributed by atoms with Gasteiger partial charge in [0.25, 0.3) is 5.91 Å². The molecule has 4 aliphatic rings. The molecular weight excluding hydrogens is 1030 g/mol. The zero-order chi connectivity index (χ0) is 59.1. The highest BCUT2D eigenvalue weighted by Gasteiger charge is 2.55. The molecule has 26 heteroatoms. The predicted octanol–water partition coefficient (Wildman–Crippen LogP) is 2.91. The van der Waals surface area contributed by atoms with E-state index in [1.165, 1.54) is 14.0 Å². The van der Waals surface area contributed by atoms with E-state index in [2.05, 4.69) is 31.9 Å². The van der Waals surface area contributed by atoms with Crippen molar-refractivity contribution in [2.75, 3.05) is 33.3 Å². The van der Waals surface area contributed by atoms with Crippen LogP contribution in [-0.4, -0.2) is 202 Å². The first kappa shape index (κ1) is 65.6. The van der Waals surface area contributed by atoms with Gasteiger partial charge < -0.3 is 99.9 Å². The highest BCUT2D eigenvalue weighted by molar-refractivity contribution is 5.82. The van der Waals surface area contributed by atoms with Crippen LogP contribution in [0.5, 0.6) is 0 Å². The SMILES string of the molecule is CN(C(=O)OC(C)(C)C)[C@@H]1[C@@H](O)[C@@H](O[C@@H]2[C@@H](O)[C@H](O[C@H]3OC(CNC[C@H]4C[C@H](NC(=O)OC(C)(C)C)C4)=CC[C@H]3NC(=O)OC(C)(C)C)[C@@H](NC(=O)OC(C)(C)C)C[C@H]2NC(=O)[C@@H](O)CNC(=O)OC(C)(C)C)OC[C@]1(C)O. The van der Waals surface area contributed by atoms with Gasteiger partial charge in [0.05, 0.1) is 43.9 Å². The molecule has 26 nitrogen and oxygen atoms in total. The van der Waals surface area contributed by atoms with Crippen LogP contribution in [0.1, 0.15) is 136 Å². The van der Waals surface area contributed by atoms with Gasteiger partial charge in [0.1, 0.15) is 69.9 Å². The Kier molecular flexibility index (Phi) is 21.9. The molecule has 2 aliphatic heterocycles. The second kappa shape index (κ2) is 26.1. The lowest BCUT2D eigenvalue weighted by molar-refractivity contribution is -0.311. The topological polar surface area (TPSA) is 342 Å². The van der Waals surface area contributed by atoms with E-state index in [4.69, 9.17) is 42.6 Å². The number of alkyl carbamates (subject to hydrolysis) is 4. The molecule has 0 aromatic rings. The van der Waals surface area contributed by atoms with Crippen LogP contribution >= 0.6 is 0 Å². The van der Waals surface area contributed by atoms with Crippen molar-refractivity contribution in [3.63, 3.8) is 0 Å². The second-order valence-corrected chi connectivity index (χ2v) is 25.7. The molecule has 0 bridgehead atoms. The zero-order valence-electron chi connectivity index (χ0n) is 48.6. The van der Waals surface area contributed by atoms with Crippen molar-refractivity contribution in [1.29, 1.82) is 0 Å². The van der Waals surface area contributed by atoms with Crippen molar-refractivity contribution in [2.24, 2.45) is 5.92 Å². The summed E-state index contributed by atoms with van der Waals surface area (Å²) < 4.78 is 52.8. The number of hydrogen-bond acceptors (Lipinski definition) is 20. The van der Waals surface area contributed by atoms with Gasteiger partial charge in [-0.2, -0.15) is 0 Å². The lowest BCUT2D eigenvalue weighted by atomic mass is 9.80. The number of aliphatic hydroxyl groups is 4. The molecule has 0 radical (unpaired) electrons. The number of carbonyl (C=O) groups excluding carboxylic acids is 6. The summed E-state index contributed by atoms with van der Waals surface area (Å²) >= 11 is 0. The molecule has 0 spiro atoms. The van der Waals surface area contributed by atoms with Crippen LogP contribution in [0.15, 0.2) is 11.8 Å². The van der Waals surface area contributed by atoms with E-state index < -0.39 is 150 Å². The van der Waals surface area contributed by atoms with Gasteiger partial charge in [-0.3, -0.25) is 4.79 Å². The highest BCUT2D eigenvalue weighted by Crippen LogP contribution is 2.35. The summed E-state index contributed by atoms with van der Waals surface area (Å²) in [5, 5.41) is 64.0. The molecule has 12 atom stereocenters. The average molecular weight is 1120 g/mol. The van der Waals surface area contributed by atoms with Crippen molar-refractivity contribution in [3.8, 4) is 0 Å².